The number of amidine groups is 1. The van der Waals surface area contributed by atoms with Crippen LogP contribution in [-0.2, 0) is 5.41 Å². The first-order chi connectivity index (χ1) is 27.0. The van der Waals surface area contributed by atoms with Gasteiger partial charge in [-0.1, -0.05) is 184 Å². The van der Waals surface area contributed by atoms with E-state index >= 15 is 0 Å². The largest absolute Gasteiger partial charge is 0.359 e. The van der Waals surface area contributed by atoms with Crippen LogP contribution in [0.3, 0.4) is 0 Å². The maximum Gasteiger partial charge on any atom is 0.134 e. The molecule has 10 rings (SSSR count). The van der Waals surface area contributed by atoms with Crippen LogP contribution in [0.2, 0.25) is 0 Å². The van der Waals surface area contributed by atoms with Crippen molar-refractivity contribution in [3.63, 3.8) is 0 Å². The van der Waals surface area contributed by atoms with E-state index < -0.39 is 0 Å². The van der Waals surface area contributed by atoms with Crippen LogP contribution in [0.4, 0.5) is 0 Å². The fourth-order valence-corrected chi connectivity index (χ4v) is 8.71. The lowest BCUT2D eigenvalue weighted by molar-refractivity contribution is 0.666. The summed E-state index contributed by atoms with van der Waals surface area (Å²) < 4.78 is 0. The zero-order chi connectivity index (χ0) is 36.9. The molecule has 0 spiro atoms. The Morgan fingerprint density at radius 3 is 1.80 bits per heavy atom. The quantitative estimate of drug-likeness (QED) is 0.183. The standard InChI is InChI=1S/C53H40N2/c1-53(2)47-33-41(29-30-45(47)50-46(37-17-8-4-9-18-37)32-42-21-12-13-24-44(42)51(50)53)40-22-14-23-43(31-40)49-34-48(54-52(55-49)39-19-10-5-11-20-39)38-27-25-36(26-28-38)35-15-6-3-7-16-35/h3-34,48H,1-2H3,(H,54,55). The fraction of sp³-hybridized carbons (Fsp3) is 0.0755. The van der Waals surface area contributed by atoms with Crippen molar-refractivity contribution in [1.29, 1.82) is 0 Å². The number of rotatable bonds is 6. The van der Waals surface area contributed by atoms with Gasteiger partial charge >= 0.3 is 0 Å². The summed E-state index contributed by atoms with van der Waals surface area (Å²) in [5, 5.41) is 6.35. The molecule has 0 amide bonds. The summed E-state index contributed by atoms with van der Waals surface area (Å²) in [6, 6.07) is 67.9. The monoisotopic (exact) mass is 704 g/mol. The summed E-state index contributed by atoms with van der Waals surface area (Å²) in [6.07, 6.45) is 2.27. The van der Waals surface area contributed by atoms with Crippen molar-refractivity contribution >= 4 is 22.3 Å². The fourth-order valence-electron chi connectivity index (χ4n) is 8.71. The van der Waals surface area contributed by atoms with E-state index in [0.717, 1.165) is 22.7 Å². The van der Waals surface area contributed by atoms with Gasteiger partial charge in [0.1, 0.15) is 5.84 Å². The van der Waals surface area contributed by atoms with E-state index in [1.165, 1.54) is 72.0 Å². The molecular weight excluding hydrogens is 665 g/mol. The Bertz CT molecular complexity index is 2780. The van der Waals surface area contributed by atoms with Gasteiger partial charge in [-0.3, -0.25) is 0 Å². The topological polar surface area (TPSA) is 24.4 Å². The van der Waals surface area contributed by atoms with Crippen molar-refractivity contribution < 1.29 is 0 Å². The summed E-state index contributed by atoms with van der Waals surface area (Å²) in [4.78, 5) is 5.24. The van der Waals surface area contributed by atoms with Crippen molar-refractivity contribution in [1.82, 2.24) is 5.32 Å². The summed E-state index contributed by atoms with van der Waals surface area (Å²) in [5.74, 6) is 0.874. The molecule has 2 nitrogen and oxygen atoms in total. The number of fused-ring (bicyclic) bond motifs is 5. The number of nitrogens with zero attached hydrogens (tertiary/aromatic N) is 1. The Labute approximate surface area is 323 Å². The lowest BCUT2D eigenvalue weighted by Crippen LogP contribution is -2.31. The molecule has 0 saturated carbocycles. The van der Waals surface area contributed by atoms with Crippen molar-refractivity contribution in [2.75, 3.05) is 0 Å². The Kier molecular flexibility index (Phi) is 7.92. The molecule has 1 unspecified atom stereocenters. The second-order valence-electron chi connectivity index (χ2n) is 15.2. The Morgan fingerprint density at radius 1 is 0.473 bits per heavy atom. The van der Waals surface area contributed by atoms with Gasteiger partial charge in [-0.15, -0.1) is 0 Å². The molecular formula is C53H40N2. The lowest BCUT2D eigenvalue weighted by atomic mass is 9.78. The van der Waals surface area contributed by atoms with E-state index in [-0.39, 0.29) is 11.5 Å². The maximum absolute atomic E-state index is 5.24. The second-order valence-corrected chi connectivity index (χ2v) is 15.2. The average Bonchev–Trinajstić information content (AvgIpc) is 3.50. The molecule has 0 aromatic heterocycles. The Hall–Kier alpha value is -6.77. The highest BCUT2D eigenvalue weighted by Crippen LogP contribution is 2.55. The molecule has 0 saturated heterocycles. The average molecular weight is 705 g/mol. The minimum absolute atomic E-state index is 0.0379. The van der Waals surface area contributed by atoms with Gasteiger partial charge in [-0.05, 0) is 96.2 Å². The number of aliphatic imine (C=N–C) groups is 1. The summed E-state index contributed by atoms with van der Waals surface area (Å²) in [7, 11) is 0. The summed E-state index contributed by atoms with van der Waals surface area (Å²) >= 11 is 0. The molecule has 8 aromatic carbocycles. The van der Waals surface area contributed by atoms with Crippen molar-refractivity contribution in [3.8, 4) is 44.5 Å². The van der Waals surface area contributed by atoms with Crippen LogP contribution in [0.5, 0.6) is 0 Å². The van der Waals surface area contributed by atoms with E-state index in [4.69, 9.17) is 4.99 Å². The van der Waals surface area contributed by atoms with Crippen LogP contribution < -0.4 is 5.32 Å². The van der Waals surface area contributed by atoms with Crippen molar-refractivity contribution in [2.45, 2.75) is 25.3 Å². The van der Waals surface area contributed by atoms with Gasteiger partial charge in [0, 0.05) is 16.5 Å². The molecule has 1 aliphatic heterocycles. The van der Waals surface area contributed by atoms with Gasteiger partial charge in [0.05, 0.1) is 11.7 Å². The van der Waals surface area contributed by atoms with Crippen molar-refractivity contribution in [2.24, 2.45) is 4.99 Å². The summed E-state index contributed by atoms with van der Waals surface area (Å²) in [5.41, 5.74) is 17.0. The molecule has 0 fully saturated rings. The molecule has 262 valence electrons. The number of hydrogen-bond donors (Lipinski definition) is 1. The molecule has 8 aromatic rings. The molecule has 2 heteroatoms. The van der Waals surface area contributed by atoms with Crippen LogP contribution in [0.25, 0.3) is 61.0 Å². The first-order valence-corrected chi connectivity index (χ1v) is 19.2. The highest BCUT2D eigenvalue weighted by molar-refractivity contribution is 6.05. The predicted molar refractivity (Wildman–Crippen MR) is 231 cm³/mol. The summed E-state index contributed by atoms with van der Waals surface area (Å²) in [6.45, 7) is 4.79. The van der Waals surface area contributed by atoms with E-state index in [1.54, 1.807) is 0 Å². The molecule has 2 aliphatic rings. The van der Waals surface area contributed by atoms with Gasteiger partial charge in [0.25, 0.3) is 0 Å². The van der Waals surface area contributed by atoms with Crippen LogP contribution in [0.15, 0.2) is 199 Å². The number of benzene rings is 8. The van der Waals surface area contributed by atoms with Gasteiger partial charge in [0.15, 0.2) is 0 Å². The van der Waals surface area contributed by atoms with E-state index in [1.807, 2.05) is 6.07 Å². The number of hydrogen-bond acceptors (Lipinski definition) is 2. The minimum Gasteiger partial charge on any atom is -0.359 e. The van der Waals surface area contributed by atoms with Crippen LogP contribution in [-0.4, -0.2) is 5.84 Å². The van der Waals surface area contributed by atoms with Gasteiger partial charge in [-0.25, -0.2) is 4.99 Å². The maximum atomic E-state index is 5.24. The molecule has 1 atom stereocenters. The van der Waals surface area contributed by atoms with E-state index in [9.17, 15) is 0 Å². The zero-order valence-corrected chi connectivity index (χ0v) is 31.0. The molecule has 1 aliphatic carbocycles. The third-order valence-corrected chi connectivity index (χ3v) is 11.5. The third kappa shape index (κ3) is 5.79. The molecule has 0 bridgehead atoms. The first kappa shape index (κ1) is 32.8. The molecule has 1 heterocycles. The van der Waals surface area contributed by atoms with Gasteiger partial charge in [0.2, 0.25) is 0 Å². The number of nitrogens with one attached hydrogen (secondary N) is 1. The molecule has 0 radical (unpaired) electrons. The first-order valence-electron chi connectivity index (χ1n) is 19.2. The minimum atomic E-state index is -0.182. The SMILES string of the molecule is CC1(C)c2cc(-c3cccc(C4=CC(c5ccc(-c6ccccc6)cc5)NC(c5ccccc5)=N4)c3)ccc2-c2c(-c3ccccc3)cc3ccccc3c21. The third-order valence-electron chi connectivity index (χ3n) is 11.5. The zero-order valence-electron chi connectivity index (χ0n) is 31.0. The van der Waals surface area contributed by atoms with Crippen molar-refractivity contribution in [3.05, 3.63) is 222 Å². The normalized spacial score (nSPS) is 15.4. The second kappa shape index (κ2) is 13.3. The highest BCUT2D eigenvalue weighted by Gasteiger charge is 2.39. The Morgan fingerprint density at radius 2 is 1.05 bits per heavy atom. The van der Waals surface area contributed by atoms with Crippen LogP contribution >= 0.6 is 0 Å². The van der Waals surface area contributed by atoms with Crippen LogP contribution in [0, 0.1) is 0 Å². The molecule has 55 heavy (non-hydrogen) atoms. The smallest absolute Gasteiger partial charge is 0.134 e. The lowest BCUT2D eigenvalue weighted by Gasteiger charge is -2.25. The van der Waals surface area contributed by atoms with Crippen LogP contribution in [0.1, 0.15) is 47.7 Å². The Balaban J connectivity index is 1.05. The predicted octanol–water partition coefficient (Wildman–Crippen LogP) is 13.3. The highest BCUT2D eigenvalue weighted by atomic mass is 15.0. The van der Waals surface area contributed by atoms with E-state index in [0.29, 0.717) is 0 Å². The van der Waals surface area contributed by atoms with Gasteiger partial charge < -0.3 is 5.32 Å². The van der Waals surface area contributed by atoms with Gasteiger partial charge in [-0.2, -0.15) is 0 Å². The van der Waals surface area contributed by atoms with E-state index in [2.05, 4.69) is 207 Å². The molecule has 1 N–H and O–H groups in total.